The topological polar surface area (TPSA) is 77.2 Å². The first kappa shape index (κ1) is 13.8. The molecule has 1 aromatic rings. The highest BCUT2D eigenvalue weighted by Crippen LogP contribution is 2.39. The Bertz CT molecular complexity index is 434. The highest BCUT2D eigenvalue weighted by Gasteiger charge is 2.42. The highest BCUT2D eigenvalue weighted by molar-refractivity contribution is 5.81. The van der Waals surface area contributed by atoms with Gasteiger partial charge in [-0.05, 0) is 44.7 Å². The Morgan fingerprint density at radius 1 is 1.68 bits per heavy atom. The van der Waals surface area contributed by atoms with Crippen molar-refractivity contribution >= 4 is 5.91 Å². The monoisotopic (exact) mass is 263 g/mol. The van der Waals surface area contributed by atoms with Gasteiger partial charge in [0.2, 0.25) is 0 Å². The largest absolute Gasteiger partial charge is 0.479 e. The third-order valence-corrected chi connectivity index (χ3v) is 3.63. The number of nitrogens with one attached hydrogen (secondary N) is 1. The average molecular weight is 263 g/mol. The molecule has 0 saturated heterocycles. The quantitative estimate of drug-likeness (QED) is 0.805. The molecule has 1 aromatic heterocycles. The lowest BCUT2D eigenvalue weighted by Gasteiger charge is -2.30. The summed E-state index contributed by atoms with van der Waals surface area (Å²) in [6, 6.07) is 3.55. The van der Waals surface area contributed by atoms with E-state index in [1.807, 2.05) is 6.92 Å². The smallest absolute Gasteiger partial charge is 0.261 e. The number of aromatic nitrogens is 1. The Labute approximate surface area is 113 Å². The van der Waals surface area contributed by atoms with Crippen molar-refractivity contribution in [2.45, 2.75) is 38.3 Å². The number of pyridine rings is 1. The zero-order chi connectivity index (χ0) is 13.9. The van der Waals surface area contributed by atoms with Gasteiger partial charge >= 0.3 is 0 Å². The number of ether oxygens (including phenoxy) is 1. The molecular weight excluding hydrogens is 242 g/mol. The van der Waals surface area contributed by atoms with Crippen LogP contribution in [0.5, 0.6) is 5.75 Å². The van der Waals surface area contributed by atoms with Crippen LogP contribution in [0.25, 0.3) is 0 Å². The van der Waals surface area contributed by atoms with Crippen LogP contribution in [0.15, 0.2) is 24.5 Å². The fourth-order valence-electron chi connectivity index (χ4n) is 2.10. The molecule has 0 bridgehead atoms. The maximum Gasteiger partial charge on any atom is 0.261 e. The molecule has 1 aliphatic rings. The maximum absolute atomic E-state index is 12.1. The molecule has 0 aliphatic heterocycles. The van der Waals surface area contributed by atoms with Crippen LogP contribution in [0.4, 0.5) is 0 Å². The number of carbonyl (C=O) groups is 1. The van der Waals surface area contributed by atoms with Crippen LogP contribution < -0.4 is 15.8 Å². The summed E-state index contributed by atoms with van der Waals surface area (Å²) < 4.78 is 5.55. The predicted octanol–water partition coefficient (Wildman–Crippen LogP) is 1.09. The van der Waals surface area contributed by atoms with Crippen molar-refractivity contribution in [2.75, 3.05) is 6.54 Å². The van der Waals surface area contributed by atoms with Gasteiger partial charge in [0, 0.05) is 12.7 Å². The van der Waals surface area contributed by atoms with E-state index in [0.717, 1.165) is 12.8 Å². The summed E-state index contributed by atoms with van der Waals surface area (Å²) in [5.74, 6) is 0.946. The standard InChI is InChI=1S/C14H21N3O2/c1-10(19-12-4-3-7-16-8-12)13(18)17-14(2,9-15)11-5-6-11/h3-4,7-8,10-11H,5-6,9,15H2,1-2H3,(H,17,18). The number of rotatable bonds is 6. The van der Waals surface area contributed by atoms with E-state index in [1.54, 1.807) is 31.5 Å². The van der Waals surface area contributed by atoms with Gasteiger partial charge in [-0.15, -0.1) is 0 Å². The Balaban J connectivity index is 1.92. The van der Waals surface area contributed by atoms with Crippen LogP contribution >= 0.6 is 0 Å². The number of amides is 1. The Hall–Kier alpha value is -1.62. The third-order valence-electron chi connectivity index (χ3n) is 3.63. The van der Waals surface area contributed by atoms with Gasteiger partial charge in [-0.3, -0.25) is 9.78 Å². The number of carbonyl (C=O) groups excluding carboxylic acids is 1. The summed E-state index contributed by atoms with van der Waals surface area (Å²) >= 11 is 0. The summed E-state index contributed by atoms with van der Waals surface area (Å²) in [6.45, 7) is 4.18. The van der Waals surface area contributed by atoms with Crippen LogP contribution in [-0.2, 0) is 4.79 Å². The van der Waals surface area contributed by atoms with Gasteiger partial charge in [0.25, 0.3) is 5.91 Å². The summed E-state index contributed by atoms with van der Waals surface area (Å²) in [5, 5.41) is 3.02. The van der Waals surface area contributed by atoms with Gasteiger partial charge in [-0.2, -0.15) is 0 Å². The molecule has 0 radical (unpaired) electrons. The minimum atomic E-state index is -0.561. The third kappa shape index (κ3) is 3.44. The second-order valence-electron chi connectivity index (χ2n) is 5.33. The molecule has 1 saturated carbocycles. The second kappa shape index (κ2) is 5.57. The molecule has 1 amide bonds. The second-order valence-corrected chi connectivity index (χ2v) is 5.33. The Morgan fingerprint density at radius 2 is 2.42 bits per heavy atom. The molecule has 1 heterocycles. The van der Waals surface area contributed by atoms with E-state index in [2.05, 4.69) is 10.3 Å². The SMILES string of the molecule is CC(Oc1cccnc1)C(=O)NC(C)(CN)C1CC1. The summed E-state index contributed by atoms with van der Waals surface area (Å²) in [5.41, 5.74) is 5.47. The van der Waals surface area contributed by atoms with Crippen LogP contribution in [0, 0.1) is 5.92 Å². The van der Waals surface area contributed by atoms with Crippen LogP contribution in [-0.4, -0.2) is 29.1 Å². The molecule has 2 unspecified atom stereocenters. The molecule has 1 fully saturated rings. The predicted molar refractivity (Wildman–Crippen MR) is 72.7 cm³/mol. The molecular formula is C14H21N3O2. The zero-order valence-corrected chi connectivity index (χ0v) is 11.4. The molecule has 19 heavy (non-hydrogen) atoms. The first-order chi connectivity index (χ1) is 9.05. The van der Waals surface area contributed by atoms with Crippen molar-refractivity contribution in [2.24, 2.45) is 11.7 Å². The van der Waals surface area contributed by atoms with Gasteiger partial charge in [0.1, 0.15) is 5.75 Å². The van der Waals surface area contributed by atoms with Gasteiger partial charge in [0.15, 0.2) is 6.10 Å². The highest BCUT2D eigenvalue weighted by atomic mass is 16.5. The lowest BCUT2D eigenvalue weighted by molar-refractivity contribution is -0.129. The summed E-state index contributed by atoms with van der Waals surface area (Å²) in [7, 11) is 0. The van der Waals surface area contributed by atoms with Crippen molar-refractivity contribution in [3.05, 3.63) is 24.5 Å². The van der Waals surface area contributed by atoms with E-state index in [-0.39, 0.29) is 11.4 Å². The van der Waals surface area contributed by atoms with Gasteiger partial charge in [-0.1, -0.05) is 0 Å². The van der Waals surface area contributed by atoms with Gasteiger partial charge in [0.05, 0.1) is 11.7 Å². The molecule has 1 aliphatic carbocycles. The van der Waals surface area contributed by atoms with Crippen molar-refractivity contribution in [3.8, 4) is 5.75 Å². The number of hydrogen-bond acceptors (Lipinski definition) is 4. The van der Waals surface area contributed by atoms with Crippen LogP contribution in [0.2, 0.25) is 0 Å². The van der Waals surface area contributed by atoms with Gasteiger partial charge < -0.3 is 15.8 Å². The number of nitrogens with two attached hydrogens (primary N) is 1. The fourth-order valence-corrected chi connectivity index (χ4v) is 2.10. The first-order valence-corrected chi connectivity index (χ1v) is 6.64. The van der Waals surface area contributed by atoms with Crippen molar-refractivity contribution in [3.63, 3.8) is 0 Å². The summed E-state index contributed by atoms with van der Waals surface area (Å²) in [6.07, 6.45) is 4.95. The molecule has 5 heteroatoms. The van der Waals surface area contributed by atoms with Crippen molar-refractivity contribution in [1.29, 1.82) is 0 Å². The van der Waals surface area contributed by atoms with E-state index < -0.39 is 6.10 Å². The van der Waals surface area contributed by atoms with Crippen molar-refractivity contribution < 1.29 is 9.53 Å². The minimum absolute atomic E-state index is 0.135. The molecule has 0 aromatic carbocycles. The van der Waals surface area contributed by atoms with Crippen LogP contribution in [0.1, 0.15) is 26.7 Å². The summed E-state index contributed by atoms with van der Waals surface area (Å²) in [4.78, 5) is 16.1. The Kier molecular flexibility index (Phi) is 4.04. The zero-order valence-electron chi connectivity index (χ0n) is 11.4. The van der Waals surface area contributed by atoms with E-state index in [9.17, 15) is 4.79 Å². The first-order valence-electron chi connectivity index (χ1n) is 6.64. The van der Waals surface area contributed by atoms with Crippen molar-refractivity contribution in [1.82, 2.24) is 10.3 Å². The number of nitrogens with zero attached hydrogens (tertiary/aromatic N) is 1. The minimum Gasteiger partial charge on any atom is -0.479 e. The lowest BCUT2D eigenvalue weighted by atomic mass is 9.95. The molecule has 3 N–H and O–H groups in total. The van der Waals surface area contributed by atoms with E-state index in [4.69, 9.17) is 10.5 Å². The van der Waals surface area contributed by atoms with Gasteiger partial charge in [-0.25, -0.2) is 0 Å². The Morgan fingerprint density at radius 3 is 2.95 bits per heavy atom. The molecule has 2 rings (SSSR count). The van der Waals surface area contributed by atoms with E-state index in [1.165, 1.54) is 0 Å². The molecule has 0 spiro atoms. The number of hydrogen-bond donors (Lipinski definition) is 2. The fraction of sp³-hybridized carbons (Fsp3) is 0.571. The van der Waals surface area contributed by atoms with E-state index in [0.29, 0.717) is 18.2 Å². The normalized spacial score (nSPS) is 19.3. The van der Waals surface area contributed by atoms with E-state index >= 15 is 0 Å². The molecule has 5 nitrogen and oxygen atoms in total. The van der Waals surface area contributed by atoms with Crippen LogP contribution in [0.3, 0.4) is 0 Å². The molecule has 2 atom stereocenters. The lowest BCUT2D eigenvalue weighted by Crippen LogP contribution is -2.56. The average Bonchev–Trinajstić information content (AvgIpc) is 3.24. The molecule has 104 valence electrons. The maximum atomic E-state index is 12.1.